The van der Waals surface area contributed by atoms with Crippen LogP contribution in [0.15, 0.2) is 6.07 Å². The quantitative estimate of drug-likeness (QED) is 0.755. The third-order valence-electron chi connectivity index (χ3n) is 3.76. The van der Waals surface area contributed by atoms with Gasteiger partial charge in [-0.3, -0.25) is 0 Å². The minimum atomic E-state index is 0.549. The van der Waals surface area contributed by atoms with Gasteiger partial charge in [0, 0.05) is 24.3 Å². The second-order valence-electron chi connectivity index (χ2n) is 5.87. The maximum atomic E-state index is 6.12. The Hall–Kier alpha value is -0.760. The zero-order valence-corrected chi connectivity index (χ0v) is 12.6. The van der Waals surface area contributed by atoms with Crippen molar-refractivity contribution in [3.05, 3.63) is 22.9 Å². The topological polar surface area (TPSA) is 16.1 Å². The van der Waals surface area contributed by atoms with Crippen molar-refractivity contribution in [2.45, 2.75) is 40.0 Å². The van der Waals surface area contributed by atoms with E-state index in [1.165, 1.54) is 17.5 Å². The van der Waals surface area contributed by atoms with Crippen molar-refractivity contribution in [3.63, 3.8) is 0 Å². The van der Waals surface area contributed by atoms with E-state index in [2.05, 4.69) is 38.7 Å². The van der Waals surface area contributed by atoms with Crippen molar-refractivity contribution >= 4 is 17.4 Å². The largest absolute Gasteiger partial charge is 0.356 e. The Balaban J connectivity index is 2.37. The highest BCUT2D eigenvalue weighted by Gasteiger charge is 2.24. The molecule has 0 amide bonds. The van der Waals surface area contributed by atoms with Crippen LogP contribution in [0.2, 0.25) is 0 Å². The van der Waals surface area contributed by atoms with Crippen LogP contribution in [0.4, 0.5) is 5.82 Å². The van der Waals surface area contributed by atoms with Crippen LogP contribution in [0.3, 0.4) is 0 Å². The van der Waals surface area contributed by atoms with Gasteiger partial charge in [-0.25, -0.2) is 4.98 Å². The number of halogens is 1. The Bertz CT molecular complexity index is 421. The van der Waals surface area contributed by atoms with Crippen molar-refractivity contribution in [2.24, 2.45) is 11.8 Å². The van der Waals surface area contributed by atoms with E-state index in [-0.39, 0.29) is 0 Å². The Morgan fingerprint density at radius 3 is 2.44 bits per heavy atom. The van der Waals surface area contributed by atoms with Crippen molar-refractivity contribution in [1.29, 1.82) is 0 Å². The minimum absolute atomic E-state index is 0.549. The average molecular weight is 267 g/mol. The lowest BCUT2D eigenvalue weighted by atomic mass is 9.91. The van der Waals surface area contributed by atoms with E-state index in [0.29, 0.717) is 5.88 Å². The minimum Gasteiger partial charge on any atom is -0.356 e. The lowest BCUT2D eigenvalue weighted by Gasteiger charge is -2.37. The molecule has 3 heteroatoms. The van der Waals surface area contributed by atoms with Crippen LogP contribution in [0.25, 0.3) is 0 Å². The van der Waals surface area contributed by atoms with Crippen LogP contribution in [0.1, 0.15) is 37.1 Å². The number of piperidine rings is 1. The molecule has 0 aliphatic carbocycles. The SMILES string of the molecule is Cc1cc(C)c(CCl)c(N2CC(C)CC(C)C2)n1. The average Bonchev–Trinajstić information content (AvgIpc) is 2.26. The molecule has 0 saturated carbocycles. The molecule has 0 aromatic carbocycles. The van der Waals surface area contributed by atoms with Gasteiger partial charge in [0.1, 0.15) is 5.82 Å². The third kappa shape index (κ3) is 2.80. The van der Waals surface area contributed by atoms with Gasteiger partial charge in [0.15, 0.2) is 0 Å². The summed E-state index contributed by atoms with van der Waals surface area (Å²) in [5.74, 6) is 3.13. The summed E-state index contributed by atoms with van der Waals surface area (Å²) in [5, 5.41) is 0. The van der Waals surface area contributed by atoms with Gasteiger partial charge < -0.3 is 4.90 Å². The molecule has 1 aromatic heterocycles. The molecule has 2 rings (SSSR count). The summed E-state index contributed by atoms with van der Waals surface area (Å²) in [6.45, 7) is 11.0. The van der Waals surface area contributed by atoms with Crippen molar-refractivity contribution < 1.29 is 0 Å². The third-order valence-corrected chi connectivity index (χ3v) is 4.02. The molecule has 2 nitrogen and oxygen atoms in total. The second-order valence-corrected chi connectivity index (χ2v) is 6.13. The molecule has 1 saturated heterocycles. The monoisotopic (exact) mass is 266 g/mol. The molecular weight excluding hydrogens is 244 g/mol. The summed E-state index contributed by atoms with van der Waals surface area (Å²) < 4.78 is 0. The molecule has 1 aromatic rings. The number of aryl methyl sites for hydroxylation is 2. The Morgan fingerprint density at radius 1 is 1.28 bits per heavy atom. The smallest absolute Gasteiger partial charge is 0.133 e. The van der Waals surface area contributed by atoms with Crippen molar-refractivity contribution in [2.75, 3.05) is 18.0 Å². The Kier molecular flexibility index (Phi) is 4.16. The van der Waals surface area contributed by atoms with Gasteiger partial charge in [-0.15, -0.1) is 11.6 Å². The van der Waals surface area contributed by atoms with Gasteiger partial charge in [0.2, 0.25) is 0 Å². The molecule has 18 heavy (non-hydrogen) atoms. The van der Waals surface area contributed by atoms with E-state index in [4.69, 9.17) is 16.6 Å². The maximum absolute atomic E-state index is 6.12. The fourth-order valence-corrected chi connectivity index (χ4v) is 3.44. The highest BCUT2D eigenvalue weighted by atomic mass is 35.5. The normalized spacial score (nSPS) is 24.4. The van der Waals surface area contributed by atoms with Crippen LogP contribution >= 0.6 is 11.6 Å². The molecule has 0 bridgehead atoms. The lowest BCUT2D eigenvalue weighted by molar-refractivity contribution is 0.355. The first kappa shape index (κ1) is 13.7. The second kappa shape index (κ2) is 5.48. The first-order valence-corrected chi connectivity index (χ1v) is 7.32. The Morgan fingerprint density at radius 2 is 1.89 bits per heavy atom. The molecule has 1 fully saturated rings. The van der Waals surface area contributed by atoms with Gasteiger partial charge >= 0.3 is 0 Å². The first-order chi connectivity index (χ1) is 8.51. The number of aromatic nitrogens is 1. The summed E-state index contributed by atoms with van der Waals surface area (Å²) in [5.41, 5.74) is 3.55. The van der Waals surface area contributed by atoms with Crippen molar-refractivity contribution in [1.82, 2.24) is 4.98 Å². The zero-order chi connectivity index (χ0) is 13.3. The highest BCUT2D eigenvalue weighted by Crippen LogP contribution is 2.30. The number of rotatable bonds is 2. The maximum Gasteiger partial charge on any atom is 0.133 e. The number of hydrogen-bond acceptors (Lipinski definition) is 2. The summed E-state index contributed by atoms with van der Waals surface area (Å²) in [4.78, 5) is 7.17. The van der Waals surface area contributed by atoms with Crippen LogP contribution < -0.4 is 4.90 Å². The molecule has 0 N–H and O–H groups in total. The Labute approximate surface area is 115 Å². The van der Waals surface area contributed by atoms with E-state index < -0.39 is 0 Å². The van der Waals surface area contributed by atoms with E-state index in [1.54, 1.807) is 0 Å². The number of hydrogen-bond donors (Lipinski definition) is 0. The van der Waals surface area contributed by atoms with Gasteiger partial charge in [0.05, 0.1) is 5.88 Å². The number of pyridine rings is 1. The summed E-state index contributed by atoms with van der Waals surface area (Å²) in [6, 6.07) is 2.12. The first-order valence-electron chi connectivity index (χ1n) is 6.79. The molecule has 1 aliphatic rings. The summed E-state index contributed by atoms with van der Waals surface area (Å²) in [6.07, 6.45) is 1.32. The van der Waals surface area contributed by atoms with Gasteiger partial charge in [-0.2, -0.15) is 0 Å². The summed E-state index contributed by atoms with van der Waals surface area (Å²) in [7, 11) is 0. The predicted octanol–water partition coefficient (Wildman–Crippen LogP) is 3.92. The molecule has 100 valence electrons. The van der Waals surface area contributed by atoms with E-state index in [0.717, 1.165) is 36.4 Å². The van der Waals surface area contributed by atoms with E-state index >= 15 is 0 Å². The van der Waals surface area contributed by atoms with Gasteiger partial charge in [-0.05, 0) is 43.7 Å². The lowest BCUT2D eigenvalue weighted by Crippen LogP contribution is -2.39. The number of nitrogens with zero attached hydrogens (tertiary/aromatic N) is 2. The highest BCUT2D eigenvalue weighted by molar-refractivity contribution is 6.17. The fourth-order valence-electron chi connectivity index (χ4n) is 3.11. The molecular formula is C15H23ClN2. The van der Waals surface area contributed by atoms with Gasteiger partial charge in [0.25, 0.3) is 0 Å². The zero-order valence-electron chi connectivity index (χ0n) is 11.8. The molecule has 0 spiro atoms. The fraction of sp³-hybridized carbons (Fsp3) is 0.667. The summed E-state index contributed by atoms with van der Waals surface area (Å²) >= 11 is 6.12. The number of anilines is 1. The molecule has 2 heterocycles. The molecule has 2 atom stereocenters. The van der Waals surface area contributed by atoms with Crippen LogP contribution in [0, 0.1) is 25.7 Å². The molecule has 0 radical (unpaired) electrons. The standard InChI is InChI=1S/C15H23ClN2/c1-10-5-11(2)9-18(8-10)15-14(7-16)12(3)6-13(4)17-15/h6,10-11H,5,7-9H2,1-4H3. The van der Waals surface area contributed by atoms with Crippen LogP contribution in [0.5, 0.6) is 0 Å². The molecule has 1 aliphatic heterocycles. The predicted molar refractivity (Wildman–Crippen MR) is 78.4 cm³/mol. The van der Waals surface area contributed by atoms with Gasteiger partial charge in [-0.1, -0.05) is 13.8 Å². The van der Waals surface area contributed by atoms with Crippen molar-refractivity contribution in [3.8, 4) is 0 Å². The van der Waals surface area contributed by atoms with E-state index in [1.807, 2.05) is 0 Å². The van der Waals surface area contributed by atoms with Crippen LogP contribution in [-0.4, -0.2) is 18.1 Å². The van der Waals surface area contributed by atoms with E-state index in [9.17, 15) is 0 Å². The van der Waals surface area contributed by atoms with Crippen LogP contribution in [-0.2, 0) is 5.88 Å². The number of alkyl halides is 1. The molecule has 2 unspecified atom stereocenters.